The summed E-state index contributed by atoms with van der Waals surface area (Å²) in [6.45, 7) is 6.38. The number of imidazole rings is 1. The van der Waals surface area contributed by atoms with Gasteiger partial charge in [0.25, 0.3) is 0 Å². The van der Waals surface area contributed by atoms with E-state index in [0.717, 1.165) is 13.1 Å². The van der Waals surface area contributed by atoms with Crippen LogP contribution >= 0.6 is 0 Å². The molecule has 0 spiro atoms. The molecule has 1 aromatic heterocycles. The first kappa shape index (κ1) is 12.4. The van der Waals surface area contributed by atoms with Gasteiger partial charge in [-0.15, -0.1) is 0 Å². The molecule has 0 aliphatic heterocycles. The quantitative estimate of drug-likeness (QED) is 0.604. The van der Waals surface area contributed by atoms with Crippen molar-refractivity contribution in [3.8, 4) is 0 Å². The molecule has 0 saturated heterocycles. The second-order valence-electron chi connectivity index (χ2n) is 5.07. The molecular formula is C14H23N3. The van der Waals surface area contributed by atoms with Crippen molar-refractivity contribution in [3.05, 3.63) is 29.9 Å². The molecule has 3 nitrogen and oxygen atoms in total. The smallest absolute Gasteiger partial charge is 0.0951 e. The second kappa shape index (κ2) is 6.01. The van der Waals surface area contributed by atoms with E-state index in [4.69, 9.17) is 0 Å². The minimum atomic E-state index is 0.492. The SMILES string of the molecule is CC(C)n1cncc1CNCCC1=CCCC1. The zero-order valence-electron chi connectivity index (χ0n) is 10.9. The molecule has 0 unspecified atom stereocenters. The fourth-order valence-electron chi connectivity index (χ4n) is 2.36. The summed E-state index contributed by atoms with van der Waals surface area (Å²) in [4.78, 5) is 4.21. The van der Waals surface area contributed by atoms with E-state index in [-0.39, 0.29) is 0 Å². The molecule has 94 valence electrons. The summed E-state index contributed by atoms with van der Waals surface area (Å²) in [6, 6.07) is 0.492. The van der Waals surface area contributed by atoms with Crippen molar-refractivity contribution in [1.29, 1.82) is 0 Å². The second-order valence-corrected chi connectivity index (χ2v) is 5.07. The van der Waals surface area contributed by atoms with Gasteiger partial charge in [0.1, 0.15) is 0 Å². The van der Waals surface area contributed by atoms with Gasteiger partial charge in [-0.3, -0.25) is 0 Å². The van der Waals surface area contributed by atoms with Crippen LogP contribution in [0.25, 0.3) is 0 Å². The number of aromatic nitrogens is 2. The van der Waals surface area contributed by atoms with Crippen molar-refractivity contribution >= 4 is 0 Å². The topological polar surface area (TPSA) is 29.9 Å². The molecule has 0 radical (unpaired) electrons. The van der Waals surface area contributed by atoms with Gasteiger partial charge in [-0.25, -0.2) is 4.98 Å². The van der Waals surface area contributed by atoms with E-state index < -0.39 is 0 Å². The summed E-state index contributed by atoms with van der Waals surface area (Å²) < 4.78 is 2.22. The van der Waals surface area contributed by atoms with Crippen molar-refractivity contribution in [2.24, 2.45) is 0 Å². The number of hydrogen-bond acceptors (Lipinski definition) is 2. The van der Waals surface area contributed by atoms with Crippen molar-refractivity contribution in [2.45, 2.75) is 52.1 Å². The Morgan fingerprint density at radius 2 is 2.35 bits per heavy atom. The van der Waals surface area contributed by atoms with Crippen molar-refractivity contribution < 1.29 is 0 Å². The third kappa shape index (κ3) is 3.43. The first-order valence-electron chi connectivity index (χ1n) is 6.66. The molecule has 0 amide bonds. The Hall–Kier alpha value is -1.09. The van der Waals surface area contributed by atoms with Gasteiger partial charge in [0, 0.05) is 18.8 Å². The van der Waals surface area contributed by atoms with Gasteiger partial charge in [0.15, 0.2) is 0 Å². The van der Waals surface area contributed by atoms with E-state index in [1.165, 1.54) is 31.4 Å². The van der Waals surface area contributed by atoms with E-state index in [9.17, 15) is 0 Å². The number of nitrogens with one attached hydrogen (secondary N) is 1. The van der Waals surface area contributed by atoms with Gasteiger partial charge in [-0.05, 0) is 46.1 Å². The zero-order chi connectivity index (χ0) is 12.1. The summed E-state index contributed by atoms with van der Waals surface area (Å²) in [5, 5.41) is 3.51. The van der Waals surface area contributed by atoms with E-state index in [2.05, 4.69) is 34.8 Å². The minimum Gasteiger partial charge on any atom is -0.331 e. The molecular weight excluding hydrogens is 210 g/mol. The molecule has 2 rings (SSSR count). The van der Waals surface area contributed by atoms with E-state index >= 15 is 0 Å². The Labute approximate surface area is 104 Å². The highest BCUT2D eigenvalue weighted by atomic mass is 15.1. The minimum absolute atomic E-state index is 0.492. The van der Waals surface area contributed by atoms with Crippen LogP contribution in [0.4, 0.5) is 0 Å². The van der Waals surface area contributed by atoms with Crippen LogP contribution in [0.1, 0.15) is 51.3 Å². The molecule has 1 aliphatic rings. The van der Waals surface area contributed by atoms with Crippen LogP contribution in [0.5, 0.6) is 0 Å². The average molecular weight is 233 g/mol. The van der Waals surface area contributed by atoms with Crippen molar-refractivity contribution in [2.75, 3.05) is 6.54 Å². The fraction of sp³-hybridized carbons (Fsp3) is 0.643. The lowest BCUT2D eigenvalue weighted by Crippen LogP contribution is -2.18. The fourth-order valence-corrected chi connectivity index (χ4v) is 2.36. The zero-order valence-corrected chi connectivity index (χ0v) is 10.9. The molecule has 0 aromatic carbocycles. The first-order chi connectivity index (χ1) is 8.27. The number of hydrogen-bond donors (Lipinski definition) is 1. The predicted octanol–water partition coefficient (Wildman–Crippen LogP) is 3.05. The highest BCUT2D eigenvalue weighted by Gasteiger charge is 2.06. The Morgan fingerprint density at radius 1 is 1.47 bits per heavy atom. The van der Waals surface area contributed by atoms with Gasteiger partial charge in [0.2, 0.25) is 0 Å². The van der Waals surface area contributed by atoms with Gasteiger partial charge in [0.05, 0.1) is 12.0 Å². The number of allylic oxidation sites excluding steroid dienone is 1. The standard InChI is InChI=1S/C14H23N3/c1-12(2)17-11-16-10-14(17)9-15-8-7-13-5-3-4-6-13/h5,10-12,15H,3-4,6-9H2,1-2H3. The van der Waals surface area contributed by atoms with Crippen LogP contribution in [0.2, 0.25) is 0 Å². The first-order valence-corrected chi connectivity index (χ1v) is 6.66. The maximum atomic E-state index is 4.21. The molecule has 3 heteroatoms. The molecule has 1 aromatic rings. The van der Waals surface area contributed by atoms with Crippen molar-refractivity contribution in [1.82, 2.24) is 14.9 Å². The Balaban J connectivity index is 1.72. The maximum absolute atomic E-state index is 4.21. The van der Waals surface area contributed by atoms with Crippen LogP contribution in [-0.4, -0.2) is 16.1 Å². The Bertz CT molecular complexity index is 377. The summed E-state index contributed by atoms with van der Waals surface area (Å²) in [5.74, 6) is 0. The molecule has 17 heavy (non-hydrogen) atoms. The molecule has 1 N–H and O–H groups in total. The number of nitrogens with zero attached hydrogens (tertiary/aromatic N) is 2. The van der Waals surface area contributed by atoms with E-state index in [1.807, 2.05) is 12.5 Å². The van der Waals surface area contributed by atoms with Gasteiger partial charge in [-0.1, -0.05) is 11.6 Å². The molecule has 0 saturated carbocycles. The lowest BCUT2D eigenvalue weighted by atomic mass is 10.2. The van der Waals surface area contributed by atoms with Gasteiger partial charge in [-0.2, -0.15) is 0 Å². The highest BCUT2D eigenvalue weighted by molar-refractivity contribution is 5.07. The molecule has 0 fully saturated rings. The van der Waals surface area contributed by atoms with Crippen LogP contribution in [0, 0.1) is 0 Å². The van der Waals surface area contributed by atoms with E-state index in [0.29, 0.717) is 6.04 Å². The highest BCUT2D eigenvalue weighted by Crippen LogP contribution is 2.19. The monoisotopic (exact) mass is 233 g/mol. The predicted molar refractivity (Wildman–Crippen MR) is 70.9 cm³/mol. The number of rotatable bonds is 6. The van der Waals surface area contributed by atoms with Gasteiger partial charge >= 0.3 is 0 Å². The maximum Gasteiger partial charge on any atom is 0.0951 e. The average Bonchev–Trinajstić information content (AvgIpc) is 2.95. The normalized spacial score (nSPS) is 15.6. The van der Waals surface area contributed by atoms with Crippen LogP contribution < -0.4 is 5.32 Å². The third-order valence-corrected chi connectivity index (χ3v) is 3.37. The third-order valence-electron chi connectivity index (χ3n) is 3.37. The van der Waals surface area contributed by atoms with Gasteiger partial charge < -0.3 is 9.88 Å². The summed E-state index contributed by atoms with van der Waals surface area (Å²) >= 11 is 0. The van der Waals surface area contributed by atoms with Crippen LogP contribution in [-0.2, 0) is 6.54 Å². The lowest BCUT2D eigenvalue weighted by Gasteiger charge is -2.12. The summed E-state index contributed by atoms with van der Waals surface area (Å²) in [7, 11) is 0. The largest absolute Gasteiger partial charge is 0.331 e. The van der Waals surface area contributed by atoms with Crippen LogP contribution in [0.15, 0.2) is 24.2 Å². The molecule has 1 aliphatic carbocycles. The van der Waals surface area contributed by atoms with E-state index in [1.54, 1.807) is 5.57 Å². The summed E-state index contributed by atoms with van der Waals surface area (Å²) in [5.41, 5.74) is 2.91. The lowest BCUT2D eigenvalue weighted by molar-refractivity contribution is 0.550. The van der Waals surface area contributed by atoms with Crippen molar-refractivity contribution in [3.63, 3.8) is 0 Å². The molecule has 0 bridgehead atoms. The molecule has 0 atom stereocenters. The van der Waals surface area contributed by atoms with Crippen LogP contribution in [0.3, 0.4) is 0 Å². The Morgan fingerprint density at radius 3 is 3.06 bits per heavy atom. The summed E-state index contributed by atoms with van der Waals surface area (Å²) in [6.07, 6.45) is 11.4. The Kier molecular flexibility index (Phi) is 4.37. The molecule has 1 heterocycles.